The van der Waals surface area contributed by atoms with Crippen molar-refractivity contribution in [2.45, 2.75) is 6.92 Å². The van der Waals surface area contributed by atoms with Gasteiger partial charge in [-0.2, -0.15) is 0 Å². The lowest BCUT2D eigenvalue weighted by atomic mass is 10.2. The summed E-state index contributed by atoms with van der Waals surface area (Å²) in [6.45, 7) is 1.46. The number of hydrogen-bond donors (Lipinski definition) is 1. The molecule has 1 aliphatic heterocycles. The third kappa shape index (κ3) is 3.97. The van der Waals surface area contributed by atoms with Crippen LogP contribution in [0.15, 0.2) is 30.3 Å². The van der Waals surface area contributed by atoms with Crippen molar-refractivity contribution >= 4 is 40.8 Å². The summed E-state index contributed by atoms with van der Waals surface area (Å²) in [5, 5.41) is 3.22. The van der Waals surface area contributed by atoms with Gasteiger partial charge in [-0.05, 0) is 36.8 Å². The van der Waals surface area contributed by atoms with Crippen molar-refractivity contribution in [3.63, 3.8) is 0 Å². The average Bonchev–Trinajstić information content (AvgIpc) is 3.04. The number of aryl methyl sites for hydroxylation is 1. The fourth-order valence-corrected chi connectivity index (χ4v) is 2.76. The molecule has 2 aromatic carbocycles. The van der Waals surface area contributed by atoms with Crippen LogP contribution in [0.1, 0.15) is 15.9 Å². The monoisotopic (exact) mass is 381 g/mol. The molecule has 3 rings (SSSR count). The highest BCUT2D eigenvalue weighted by atomic mass is 35.5. The molecule has 0 unspecified atom stereocenters. The topological polar surface area (TPSA) is 73.9 Å². The van der Waals surface area contributed by atoms with Gasteiger partial charge in [0, 0.05) is 0 Å². The summed E-state index contributed by atoms with van der Waals surface area (Å²) in [6, 6.07) is 8.05. The van der Waals surface area contributed by atoms with E-state index in [0.717, 1.165) is 5.56 Å². The van der Waals surface area contributed by atoms with Gasteiger partial charge in [0.2, 0.25) is 6.79 Å². The number of rotatable bonds is 4. The number of carbonyl (C=O) groups is 2. The Morgan fingerprint density at radius 3 is 2.72 bits per heavy atom. The Bertz CT molecular complexity index is 853. The van der Waals surface area contributed by atoms with E-state index in [2.05, 4.69) is 5.32 Å². The van der Waals surface area contributed by atoms with Gasteiger partial charge in [-0.3, -0.25) is 4.79 Å². The van der Waals surface area contributed by atoms with Gasteiger partial charge >= 0.3 is 5.97 Å². The van der Waals surface area contributed by atoms with Crippen molar-refractivity contribution in [2.24, 2.45) is 0 Å². The van der Waals surface area contributed by atoms with Gasteiger partial charge in [0.1, 0.15) is 0 Å². The molecule has 1 amide bonds. The standard InChI is InChI=1S/C17H13Cl2NO5/c1-9-2-3-13(11(18)4-9)20-15(21)7-23-17(22)10-5-12(19)16-14(6-10)24-8-25-16/h2-6H,7-8H2,1H3,(H,20,21). The molecule has 0 spiro atoms. The Morgan fingerprint density at radius 1 is 1.16 bits per heavy atom. The second-order valence-corrected chi connectivity index (χ2v) is 6.11. The predicted molar refractivity (Wildman–Crippen MR) is 92.7 cm³/mol. The predicted octanol–water partition coefficient (Wildman–Crippen LogP) is 3.83. The van der Waals surface area contributed by atoms with E-state index < -0.39 is 18.5 Å². The van der Waals surface area contributed by atoms with Gasteiger partial charge < -0.3 is 19.5 Å². The smallest absolute Gasteiger partial charge is 0.338 e. The zero-order valence-electron chi connectivity index (χ0n) is 13.1. The summed E-state index contributed by atoms with van der Waals surface area (Å²) in [6.07, 6.45) is 0. The minimum Gasteiger partial charge on any atom is -0.454 e. The first-order chi connectivity index (χ1) is 11.9. The van der Waals surface area contributed by atoms with Crippen LogP contribution >= 0.6 is 23.2 Å². The van der Waals surface area contributed by atoms with E-state index >= 15 is 0 Å². The Labute approximate surface area is 153 Å². The van der Waals surface area contributed by atoms with Crippen molar-refractivity contribution in [2.75, 3.05) is 18.7 Å². The minimum atomic E-state index is -0.703. The van der Waals surface area contributed by atoms with Crippen LogP contribution in [0.2, 0.25) is 10.0 Å². The third-order valence-electron chi connectivity index (χ3n) is 3.40. The largest absolute Gasteiger partial charge is 0.454 e. The van der Waals surface area contributed by atoms with Gasteiger partial charge in [0.25, 0.3) is 5.91 Å². The molecule has 25 heavy (non-hydrogen) atoms. The van der Waals surface area contributed by atoms with Gasteiger partial charge in [-0.1, -0.05) is 29.3 Å². The second-order valence-electron chi connectivity index (χ2n) is 5.30. The number of nitrogens with one attached hydrogen (secondary N) is 1. The summed E-state index contributed by atoms with van der Waals surface area (Å²) >= 11 is 12.1. The molecule has 0 saturated carbocycles. The summed E-state index contributed by atoms with van der Waals surface area (Å²) in [7, 11) is 0. The first-order valence-corrected chi connectivity index (χ1v) is 8.02. The van der Waals surface area contributed by atoms with Crippen molar-refractivity contribution in [1.82, 2.24) is 0 Å². The maximum atomic E-state index is 12.1. The summed E-state index contributed by atoms with van der Waals surface area (Å²) < 4.78 is 15.3. The lowest BCUT2D eigenvalue weighted by molar-refractivity contribution is -0.119. The molecule has 8 heteroatoms. The fourth-order valence-electron chi connectivity index (χ4n) is 2.21. The highest BCUT2D eigenvalue weighted by Crippen LogP contribution is 2.39. The molecular weight excluding hydrogens is 369 g/mol. The van der Waals surface area contributed by atoms with Crippen LogP contribution in [0.5, 0.6) is 11.5 Å². The molecule has 0 aromatic heterocycles. The molecule has 6 nitrogen and oxygen atoms in total. The summed E-state index contributed by atoms with van der Waals surface area (Å²) in [4.78, 5) is 24.0. The third-order valence-corrected chi connectivity index (χ3v) is 3.99. The number of halogens is 2. The van der Waals surface area contributed by atoms with E-state index in [4.69, 9.17) is 37.4 Å². The Kier molecular flexibility index (Phi) is 5.01. The van der Waals surface area contributed by atoms with Gasteiger partial charge in [-0.15, -0.1) is 0 Å². The van der Waals surface area contributed by atoms with Crippen molar-refractivity contribution in [3.8, 4) is 11.5 Å². The van der Waals surface area contributed by atoms with E-state index in [0.29, 0.717) is 22.2 Å². The first kappa shape index (κ1) is 17.4. The number of anilines is 1. The van der Waals surface area contributed by atoms with Crippen molar-refractivity contribution in [1.29, 1.82) is 0 Å². The van der Waals surface area contributed by atoms with Crippen molar-refractivity contribution in [3.05, 3.63) is 51.5 Å². The normalized spacial score (nSPS) is 12.0. The molecule has 0 aliphatic carbocycles. The number of carbonyl (C=O) groups excluding carboxylic acids is 2. The van der Waals surface area contributed by atoms with Crippen LogP contribution < -0.4 is 14.8 Å². The molecule has 1 aliphatic rings. The zero-order valence-corrected chi connectivity index (χ0v) is 14.6. The molecule has 0 fully saturated rings. The second kappa shape index (κ2) is 7.21. The van der Waals surface area contributed by atoms with E-state index in [-0.39, 0.29) is 17.4 Å². The average molecular weight is 382 g/mol. The maximum absolute atomic E-state index is 12.1. The van der Waals surface area contributed by atoms with Crippen LogP contribution in [0.25, 0.3) is 0 Å². The van der Waals surface area contributed by atoms with Gasteiger partial charge in [-0.25, -0.2) is 4.79 Å². The fraction of sp³-hybridized carbons (Fsp3) is 0.176. The van der Waals surface area contributed by atoms with Crippen molar-refractivity contribution < 1.29 is 23.8 Å². The molecule has 2 aromatic rings. The molecule has 1 N–H and O–H groups in total. The number of ether oxygens (including phenoxy) is 3. The Hall–Kier alpha value is -2.44. The minimum absolute atomic E-state index is 0.0350. The molecule has 0 atom stereocenters. The first-order valence-electron chi connectivity index (χ1n) is 7.26. The lowest BCUT2D eigenvalue weighted by Gasteiger charge is -2.09. The van der Waals surface area contributed by atoms with Gasteiger partial charge in [0.05, 0.1) is 21.3 Å². The Morgan fingerprint density at radius 2 is 1.96 bits per heavy atom. The lowest BCUT2D eigenvalue weighted by Crippen LogP contribution is -2.21. The van der Waals surface area contributed by atoms with Crippen LogP contribution in [-0.4, -0.2) is 25.3 Å². The van der Waals surface area contributed by atoms with Crippen LogP contribution in [-0.2, 0) is 9.53 Å². The van der Waals surface area contributed by atoms with E-state index in [1.165, 1.54) is 12.1 Å². The SMILES string of the molecule is Cc1ccc(NC(=O)COC(=O)c2cc(Cl)c3c(c2)OCO3)c(Cl)c1. The highest BCUT2D eigenvalue weighted by Gasteiger charge is 2.21. The number of amides is 1. The molecular formula is C17H13Cl2NO5. The quantitative estimate of drug-likeness (QED) is 0.814. The number of fused-ring (bicyclic) bond motifs is 1. The summed E-state index contributed by atoms with van der Waals surface area (Å²) in [5.41, 5.74) is 1.57. The molecule has 130 valence electrons. The zero-order chi connectivity index (χ0) is 18.0. The highest BCUT2D eigenvalue weighted by molar-refractivity contribution is 6.34. The number of hydrogen-bond acceptors (Lipinski definition) is 5. The maximum Gasteiger partial charge on any atom is 0.338 e. The molecule has 1 heterocycles. The van der Waals surface area contributed by atoms with Crippen LogP contribution in [0, 0.1) is 6.92 Å². The Balaban J connectivity index is 1.60. The summed E-state index contributed by atoms with van der Waals surface area (Å²) in [5.74, 6) is -0.475. The number of benzene rings is 2. The van der Waals surface area contributed by atoms with Crippen LogP contribution in [0.4, 0.5) is 5.69 Å². The van der Waals surface area contributed by atoms with Gasteiger partial charge in [0.15, 0.2) is 18.1 Å². The van der Waals surface area contributed by atoms with E-state index in [1.54, 1.807) is 12.1 Å². The molecule has 0 bridgehead atoms. The van der Waals surface area contributed by atoms with Crippen LogP contribution in [0.3, 0.4) is 0 Å². The molecule has 0 saturated heterocycles. The molecule has 0 radical (unpaired) electrons. The number of esters is 1. The van der Waals surface area contributed by atoms with E-state index in [9.17, 15) is 9.59 Å². The van der Waals surface area contributed by atoms with E-state index in [1.807, 2.05) is 13.0 Å².